The second-order valence-corrected chi connectivity index (χ2v) is 6.08. The van der Waals surface area contributed by atoms with Crippen molar-refractivity contribution in [3.63, 3.8) is 0 Å². The first-order valence-corrected chi connectivity index (χ1v) is 7.54. The van der Waals surface area contributed by atoms with Crippen molar-refractivity contribution >= 4 is 51.0 Å². The summed E-state index contributed by atoms with van der Waals surface area (Å²) in [5.74, 6) is -0.511. The lowest BCUT2D eigenvalue weighted by atomic mass is 10.2. The third kappa shape index (κ3) is 4.59. The summed E-state index contributed by atoms with van der Waals surface area (Å²) in [6.07, 6.45) is -3.40. The third-order valence-electron chi connectivity index (χ3n) is 2.71. The molecule has 122 valence electrons. The molecule has 0 fully saturated rings. The predicted octanol–water partition coefficient (Wildman–Crippen LogP) is 6.36. The Bertz CT molecular complexity index is 740. The van der Waals surface area contributed by atoms with E-state index >= 15 is 0 Å². The van der Waals surface area contributed by atoms with Crippen LogP contribution in [0.1, 0.15) is 11.1 Å². The van der Waals surface area contributed by atoms with Crippen molar-refractivity contribution in [3.05, 3.63) is 61.8 Å². The maximum atomic E-state index is 13.5. The first-order chi connectivity index (χ1) is 10.7. The number of rotatable bonds is 3. The quantitative estimate of drug-likeness (QED) is 0.342. The van der Waals surface area contributed by atoms with Gasteiger partial charge in [-0.1, -0.05) is 39.1 Å². The van der Waals surface area contributed by atoms with E-state index in [1.165, 1.54) is 18.2 Å². The number of hydrogen-bond acceptors (Lipinski definition) is 2. The van der Waals surface area contributed by atoms with Gasteiger partial charge in [0, 0.05) is 10.0 Å². The molecule has 0 spiro atoms. The van der Waals surface area contributed by atoms with Crippen LogP contribution in [0, 0.1) is 5.82 Å². The minimum atomic E-state index is -4.56. The summed E-state index contributed by atoms with van der Waals surface area (Å²) in [5.41, 5.74) is 1.60. The van der Waals surface area contributed by atoms with Gasteiger partial charge in [-0.15, -0.1) is 0 Å². The average molecular weight is 430 g/mol. The van der Waals surface area contributed by atoms with Gasteiger partial charge >= 0.3 is 6.18 Å². The van der Waals surface area contributed by atoms with Crippen LogP contribution in [0.25, 0.3) is 0 Å². The molecule has 2 nitrogen and oxygen atoms in total. The van der Waals surface area contributed by atoms with E-state index < -0.39 is 17.6 Å². The van der Waals surface area contributed by atoms with Crippen molar-refractivity contribution in [2.45, 2.75) is 6.18 Å². The van der Waals surface area contributed by atoms with Crippen LogP contribution in [-0.2, 0) is 6.18 Å². The molecular formula is C14H7BrCl2F4N2. The van der Waals surface area contributed by atoms with Gasteiger partial charge in [-0.3, -0.25) is 5.43 Å². The molecule has 0 aliphatic rings. The first-order valence-electron chi connectivity index (χ1n) is 5.99. The Morgan fingerprint density at radius 3 is 2.26 bits per heavy atom. The van der Waals surface area contributed by atoms with Gasteiger partial charge < -0.3 is 0 Å². The smallest absolute Gasteiger partial charge is 0.275 e. The van der Waals surface area contributed by atoms with Gasteiger partial charge in [0.1, 0.15) is 5.82 Å². The summed E-state index contributed by atoms with van der Waals surface area (Å²) >= 11 is 14.7. The number of nitrogens with zero attached hydrogens (tertiary/aromatic N) is 1. The molecule has 0 bridgehead atoms. The molecule has 0 atom stereocenters. The Labute approximate surface area is 147 Å². The van der Waals surface area contributed by atoms with Crippen LogP contribution in [0.15, 0.2) is 39.9 Å². The molecule has 0 saturated carbocycles. The second-order valence-electron chi connectivity index (χ2n) is 4.35. The Morgan fingerprint density at radius 2 is 1.70 bits per heavy atom. The zero-order valence-electron chi connectivity index (χ0n) is 11.1. The van der Waals surface area contributed by atoms with Crippen molar-refractivity contribution in [2.75, 3.05) is 5.43 Å². The normalized spacial score (nSPS) is 12.0. The number of hydrogen-bond donors (Lipinski definition) is 1. The van der Waals surface area contributed by atoms with Crippen LogP contribution in [0.4, 0.5) is 23.2 Å². The highest BCUT2D eigenvalue weighted by Crippen LogP contribution is 2.38. The fourth-order valence-electron chi connectivity index (χ4n) is 1.62. The maximum absolute atomic E-state index is 13.5. The Kier molecular flexibility index (Phi) is 5.54. The molecule has 2 aromatic carbocycles. The largest absolute Gasteiger partial charge is 0.416 e. The summed E-state index contributed by atoms with van der Waals surface area (Å²) < 4.78 is 52.0. The zero-order valence-corrected chi connectivity index (χ0v) is 14.2. The van der Waals surface area contributed by atoms with E-state index in [2.05, 4.69) is 26.5 Å². The van der Waals surface area contributed by atoms with Gasteiger partial charge in [-0.25, -0.2) is 4.39 Å². The number of anilines is 1. The summed E-state index contributed by atoms with van der Waals surface area (Å²) in [6, 6.07) is 5.69. The minimum absolute atomic E-state index is 0.00649. The fraction of sp³-hybridized carbons (Fsp3) is 0.0714. The van der Waals surface area contributed by atoms with Crippen molar-refractivity contribution in [1.29, 1.82) is 0 Å². The van der Waals surface area contributed by atoms with E-state index in [9.17, 15) is 17.6 Å². The number of halogens is 7. The molecule has 0 heterocycles. The van der Waals surface area contributed by atoms with E-state index in [0.29, 0.717) is 4.47 Å². The van der Waals surface area contributed by atoms with Gasteiger partial charge in [0.25, 0.3) is 0 Å². The highest BCUT2D eigenvalue weighted by Gasteiger charge is 2.32. The van der Waals surface area contributed by atoms with E-state index in [-0.39, 0.29) is 21.3 Å². The highest BCUT2D eigenvalue weighted by molar-refractivity contribution is 9.10. The van der Waals surface area contributed by atoms with Crippen molar-refractivity contribution in [3.8, 4) is 0 Å². The van der Waals surface area contributed by atoms with Crippen LogP contribution in [0.2, 0.25) is 10.0 Å². The molecule has 0 amide bonds. The lowest BCUT2D eigenvalue weighted by Crippen LogP contribution is -2.05. The molecule has 2 aromatic rings. The second kappa shape index (κ2) is 7.07. The van der Waals surface area contributed by atoms with Crippen molar-refractivity contribution in [2.24, 2.45) is 5.10 Å². The summed E-state index contributed by atoms with van der Waals surface area (Å²) in [5, 5.41) is 3.24. The van der Waals surface area contributed by atoms with Gasteiger partial charge in [0.05, 0.1) is 27.5 Å². The van der Waals surface area contributed by atoms with Crippen LogP contribution in [0.5, 0.6) is 0 Å². The number of benzene rings is 2. The number of nitrogens with one attached hydrogen (secondary N) is 1. The lowest BCUT2D eigenvalue weighted by molar-refractivity contribution is -0.137. The molecule has 0 aliphatic carbocycles. The van der Waals surface area contributed by atoms with E-state index in [1.54, 1.807) is 0 Å². The van der Waals surface area contributed by atoms with E-state index in [4.69, 9.17) is 23.2 Å². The van der Waals surface area contributed by atoms with Crippen molar-refractivity contribution < 1.29 is 17.6 Å². The topological polar surface area (TPSA) is 24.4 Å². The maximum Gasteiger partial charge on any atom is 0.416 e. The fourth-order valence-corrected chi connectivity index (χ4v) is 2.57. The van der Waals surface area contributed by atoms with Gasteiger partial charge in [-0.05, 0) is 30.3 Å². The van der Waals surface area contributed by atoms with Crippen molar-refractivity contribution in [1.82, 2.24) is 0 Å². The summed E-state index contributed by atoms with van der Waals surface area (Å²) in [6.45, 7) is 0. The molecule has 23 heavy (non-hydrogen) atoms. The van der Waals surface area contributed by atoms with Crippen LogP contribution >= 0.6 is 39.1 Å². The SMILES string of the molecule is Fc1ccc(Br)cc1/C=N\Nc1c(Cl)cc(C(F)(F)F)cc1Cl. The number of hydrazone groups is 1. The molecular weight excluding hydrogens is 423 g/mol. The van der Waals surface area contributed by atoms with Crippen LogP contribution in [0.3, 0.4) is 0 Å². The predicted molar refractivity (Wildman–Crippen MR) is 86.8 cm³/mol. The zero-order chi connectivity index (χ0) is 17.2. The average Bonchev–Trinajstić information content (AvgIpc) is 2.44. The molecule has 0 radical (unpaired) electrons. The Morgan fingerprint density at radius 1 is 1.09 bits per heavy atom. The molecule has 0 aromatic heterocycles. The summed E-state index contributed by atoms with van der Waals surface area (Å²) in [4.78, 5) is 0. The first kappa shape index (κ1) is 18.0. The van der Waals surface area contributed by atoms with Crippen LogP contribution < -0.4 is 5.43 Å². The molecule has 2 rings (SSSR count). The number of alkyl halides is 3. The Hall–Kier alpha value is -1.31. The van der Waals surface area contributed by atoms with Gasteiger partial charge in [0.15, 0.2) is 0 Å². The summed E-state index contributed by atoms with van der Waals surface area (Å²) in [7, 11) is 0. The van der Waals surface area contributed by atoms with Gasteiger partial charge in [-0.2, -0.15) is 18.3 Å². The van der Waals surface area contributed by atoms with Gasteiger partial charge in [0.2, 0.25) is 0 Å². The standard InChI is InChI=1S/C14H7BrCl2F4N2/c15-9-1-2-12(18)7(3-9)6-22-23-13-10(16)4-8(5-11(13)17)14(19,20)21/h1-6,23H/b22-6-. The minimum Gasteiger partial charge on any atom is -0.275 e. The molecule has 9 heteroatoms. The lowest BCUT2D eigenvalue weighted by Gasteiger charge is -2.11. The molecule has 1 N–H and O–H groups in total. The molecule has 0 unspecified atom stereocenters. The Balaban J connectivity index is 2.24. The third-order valence-corrected chi connectivity index (χ3v) is 3.80. The highest BCUT2D eigenvalue weighted by atomic mass is 79.9. The molecule has 0 aliphatic heterocycles. The van der Waals surface area contributed by atoms with Crippen LogP contribution in [-0.4, -0.2) is 6.21 Å². The van der Waals surface area contributed by atoms with E-state index in [1.807, 2.05) is 0 Å². The molecule has 0 saturated heterocycles. The monoisotopic (exact) mass is 428 g/mol. The van der Waals surface area contributed by atoms with E-state index in [0.717, 1.165) is 18.3 Å².